The van der Waals surface area contributed by atoms with E-state index in [0.717, 1.165) is 0 Å². The molecule has 0 aliphatic heterocycles. The summed E-state index contributed by atoms with van der Waals surface area (Å²) in [6.07, 6.45) is 1.56. The standard InChI is InChI=1S/C7H11O2.Li/c1-4-5-9-7(8)6(2)3;/h4H,1,5H2,2-3H3;. The Morgan fingerprint density at radius 3 is 2.60 bits per heavy atom. The number of carbonyl (C=O) groups excluding carboxylic acids is 1. The van der Waals surface area contributed by atoms with E-state index in [1.54, 1.807) is 6.08 Å². The Balaban J connectivity index is 3.74. The number of rotatable bonds is 3. The summed E-state index contributed by atoms with van der Waals surface area (Å²) < 4.78 is 4.40. The van der Waals surface area contributed by atoms with E-state index in [1.807, 2.05) is 31.6 Å². The minimum atomic E-state index is -0.400. The summed E-state index contributed by atoms with van der Waals surface area (Å²) in [5.41, 5.74) is 0. The first-order valence-electron chi connectivity index (χ1n) is 3.26. The molecule has 0 amide bonds. The van der Waals surface area contributed by atoms with E-state index >= 15 is 0 Å². The second-order valence-electron chi connectivity index (χ2n) is 3.14. The van der Waals surface area contributed by atoms with Crippen molar-refractivity contribution >= 4 is 23.7 Å². The van der Waals surface area contributed by atoms with Gasteiger partial charge in [-0.3, -0.25) is 0 Å². The van der Waals surface area contributed by atoms with Crippen LogP contribution in [0.1, 0.15) is 13.8 Å². The summed E-state index contributed by atoms with van der Waals surface area (Å²) in [6.45, 7) is 7.37. The second kappa shape index (κ2) is 3.85. The van der Waals surface area contributed by atoms with Gasteiger partial charge in [-0.15, -0.1) is 0 Å². The van der Waals surface area contributed by atoms with E-state index in [2.05, 4.69) is 6.58 Å². The molecule has 0 aromatic heterocycles. The van der Waals surface area contributed by atoms with E-state index in [0.29, 0.717) is 6.61 Å². The zero-order chi connectivity index (χ0) is 8.20. The maximum absolute atomic E-state index is 11.0. The van der Waals surface area contributed by atoms with Gasteiger partial charge in [0.05, 0.1) is 0 Å². The van der Waals surface area contributed by atoms with Gasteiger partial charge in [0.2, 0.25) is 0 Å². The van der Waals surface area contributed by atoms with E-state index in [-0.39, 0.29) is 5.97 Å². The molecule has 0 bridgehead atoms. The van der Waals surface area contributed by atoms with Gasteiger partial charge < -0.3 is 0 Å². The predicted molar refractivity (Wildman–Crippen MR) is 41.0 cm³/mol. The molecule has 10 heavy (non-hydrogen) atoms. The molecular weight excluding hydrogens is 123 g/mol. The van der Waals surface area contributed by atoms with Crippen molar-refractivity contribution in [3.8, 4) is 0 Å². The van der Waals surface area contributed by atoms with Gasteiger partial charge in [-0.05, 0) is 0 Å². The molecule has 0 saturated carbocycles. The van der Waals surface area contributed by atoms with E-state index in [9.17, 15) is 4.79 Å². The molecule has 0 aliphatic rings. The Hall–Kier alpha value is -0.193. The van der Waals surface area contributed by atoms with Crippen LogP contribution in [-0.2, 0) is 9.53 Å². The van der Waals surface area contributed by atoms with Gasteiger partial charge in [-0.25, -0.2) is 0 Å². The number of carbonyl (C=O) groups is 1. The van der Waals surface area contributed by atoms with Crippen LogP contribution in [0.15, 0.2) is 12.7 Å². The fourth-order valence-corrected chi connectivity index (χ4v) is 0.351. The van der Waals surface area contributed by atoms with Crippen molar-refractivity contribution < 1.29 is 9.53 Å². The fraction of sp³-hybridized carbons (Fsp3) is 0.571. The van der Waals surface area contributed by atoms with E-state index < -0.39 is 4.09 Å². The van der Waals surface area contributed by atoms with Gasteiger partial charge in [0.1, 0.15) is 0 Å². The second-order valence-corrected chi connectivity index (χ2v) is 3.14. The molecule has 0 unspecified atom stereocenters. The molecule has 0 saturated heterocycles. The van der Waals surface area contributed by atoms with Crippen molar-refractivity contribution in [3.63, 3.8) is 0 Å². The van der Waals surface area contributed by atoms with Crippen LogP contribution in [0.4, 0.5) is 0 Å². The molecule has 0 N–H and O–H groups in total. The third-order valence-corrected chi connectivity index (χ3v) is 0.945. The molecule has 0 aromatic rings. The van der Waals surface area contributed by atoms with Crippen molar-refractivity contribution in [2.75, 3.05) is 6.61 Å². The molecule has 0 heterocycles. The Bertz CT molecular complexity index is 135. The van der Waals surface area contributed by atoms with E-state index in [1.165, 1.54) is 0 Å². The maximum atomic E-state index is 11.0. The zero-order valence-electron chi connectivity index (χ0n) is 6.81. The molecule has 2 nitrogen and oxygen atoms in total. The molecule has 0 spiro atoms. The number of hydrogen-bond donors (Lipinski definition) is 0. The van der Waals surface area contributed by atoms with Crippen molar-refractivity contribution in [1.82, 2.24) is 0 Å². The van der Waals surface area contributed by atoms with Crippen molar-refractivity contribution in [1.29, 1.82) is 0 Å². The molecule has 52 valence electrons. The fourth-order valence-electron chi connectivity index (χ4n) is 0.351. The van der Waals surface area contributed by atoms with Crippen LogP contribution in [-0.4, -0.2) is 30.3 Å². The van der Waals surface area contributed by atoms with Crippen LogP contribution < -0.4 is 0 Å². The van der Waals surface area contributed by atoms with Crippen LogP contribution in [0, 0.1) is 0 Å². The Kier molecular flexibility index (Phi) is 3.78. The van der Waals surface area contributed by atoms with Gasteiger partial charge in [-0.1, -0.05) is 0 Å². The van der Waals surface area contributed by atoms with E-state index in [4.69, 9.17) is 4.74 Å². The first-order chi connectivity index (χ1) is 4.48. The number of hydrogen-bond acceptors (Lipinski definition) is 2. The quantitative estimate of drug-likeness (QED) is 0.328. The molecule has 0 aromatic carbocycles. The summed E-state index contributed by atoms with van der Waals surface area (Å²) in [4.78, 5) is 11.0. The summed E-state index contributed by atoms with van der Waals surface area (Å²) in [5.74, 6) is -0.188. The number of ether oxygens (including phenoxy) is 1. The van der Waals surface area contributed by atoms with Crippen LogP contribution in [0.2, 0.25) is 4.09 Å². The third-order valence-electron chi connectivity index (χ3n) is 0.945. The first kappa shape index (κ1) is 9.81. The molecular formula is C7H11LiO2. The molecule has 0 radical (unpaired) electrons. The van der Waals surface area contributed by atoms with Gasteiger partial charge in [0, 0.05) is 0 Å². The van der Waals surface area contributed by atoms with Crippen LogP contribution in [0.5, 0.6) is 0 Å². The van der Waals surface area contributed by atoms with Gasteiger partial charge in [0.25, 0.3) is 0 Å². The summed E-state index contributed by atoms with van der Waals surface area (Å²) in [6, 6.07) is 0. The predicted octanol–water partition coefficient (Wildman–Crippen LogP) is 1.08. The average molecular weight is 134 g/mol. The van der Waals surface area contributed by atoms with Crippen molar-refractivity contribution in [2.24, 2.45) is 0 Å². The zero-order valence-corrected chi connectivity index (χ0v) is 6.81. The van der Waals surface area contributed by atoms with Gasteiger partial charge in [-0.2, -0.15) is 0 Å². The van der Waals surface area contributed by atoms with Crippen molar-refractivity contribution in [3.05, 3.63) is 12.7 Å². The topological polar surface area (TPSA) is 26.3 Å². The van der Waals surface area contributed by atoms with Gasteiger partial charge in [0.15, 0.2) is 0 Å². The molecule has 3 heteroatoms. The normalized spacial score (nSPS) is 10.8. The molecule has 0 atom stereocenters. The molecule has 0 aliphatic carbocycles. The number of esters is 1. The summed E-state index contributed by atoms with van der Waals surface area (Å²) in [7, 11) is 0. The minimum absolute atomic E-state index is 0.188. The first-order valence-corrected chi connectivity index (χ1v) is 3.26. The third kappa shape index (κ3) is 3.76. The average Bonchev–Trinajstić information content (AvgIpc) is 1.80. The monoisotopic (exact) mass is 134 g/mol. The van der Waals surface area contributed by atoms with Crippen LogP contribution >= 0.6 is 0 Å². The van der Waals surface area contributed by atoms with Crippen LogP contribution in [0.3, 0.4) is 0 Å². The van der Waals surface area contributed by atoms with Crippen molar-refractivity contribution in [2.45, 2.75) is 17.9 Å². The summed E-state index contributed by atoms with van der Waals surface area (Å²) in [5, 5.41) is 0. The Morgan fingerprint density at radius 2 is 2.30 bits per heavy atom. The summed E-state index contributed by atoms with van der Waals surface area (Å²) >= 11 is 1.82. The molecule has 0 fully saturated rings. The SMILES string of the molecule is [Li][C](C)(C)C(=O)OCC=C. The molecule has 0 rings (SSSR count). The Morgan fingerprint density at radius 1 is 1.80 bits per heavy atom. The van der Waals surface area contributed by atoms with Crippen LogP contribution in [0.25, 0.3) is 0 Å². The van der Waals surface area contributed by atoms with Gasteiger partial charge >= 0.3 is 70.4 Å². The Labute approximate surface area is 70.8 Å².